The topological polar surface area (TPSA) is 69.7 Å². The molecule has 0 rings (SSSR count). The first kappa shape index (κ1) is 16.1. The summed E-state index contributed by atoms with van der Waals surface area (Å²) in [6.45, 7) is 5.41. The molecule has 0 aromatic rings. The third-order valence-corrected chi connectivity index (χ3v) is 1.21. The zero-order valence-electron chi connectivity index (χ0n) is 9.66. The van der Waals surface area contributed by atoms with Crippen molar-refractivity contribution in [2.75, 3.05) is 13.7 Å². The molecule has 0 spiro atoms. The van der Waals surface area contributed by atoms with Gasteiger partial charge in [-0.25, -0.2) is 0 Å². The van der Waals surface area contributed by atoms with Gasteiger partial charge in [-0.1, -0.05) is 6.92 Å². The highest BCUT2D eigenvalue weighted by Gasteiger charge is 2.01. The molecule has 0 amide bonds. The lowest BCUT2D eigenvalue weighted by molar-refractivity contribution is -0.144. The lowest BCUT2D eigenvalue weighted by Gasteiger charge is -1.93. The molecule has 0 aliphatic rings. The van der Waals surface area contributed by atoms with E-state index in [4.69, 9.17) is 0 Å². The van der Waals surface area contributed by atoms with Crippen LogP contribution in [0.25, 0.3) is 0 Å². The number of esters is 2. The van der Waals surface area contributed by atoms with E-state index in [9.17, 15) is 14.4 Å². The Morgan fingerprint density at radius 2 is 1.60 bits per heavy atom. The highest BCUT2D eigenvalue weighted by Crippen LogP contribution is 1.83. The SMILES string of the molecule is CCOC(=O)CC.COC(=O)CC(C)=O. The second-order valence-electron chi connectivity index (χ2n) is 2.61. The molecule has 0 atom stereocenters. The normalized spacial score (nSPS) is 8.27. The van der Waals surface area contributed by atoms with Crippen molar-refractivity contribution in [2.45, 2.75) is 33.6 Å². The van der Waals surface area contributed by atoms with E-state index < -0.39 is 5.97 Å². The molecule has 0 aliphatic heterocycles. The molecular weight excluding hydrogens is 200 g/mol. The Bertz CT molecular complexity index is 210. The quantitative estimate of drug-likeness (QED) is 0.522. The Balaban J connectivity index is 0. The van der Waals surface area contributed by atoms with Gasteiger partial charge in [-0.05, 0) is 13.8 Å². The molecule has 0 saturated carbocycles. The average molecular weight is 218 g/mol. The van der Waals surface area contributed by atoms with Crippen LogP contribution in [-0.4, -0.2) is 31.4 Å². The van der Waals surface area contributed by atoms with Gasteiger partial charge in [0.25, 0.3) is 0 Å². The van der Waals surface area contributed by atoms with E-state index in [1.807, 2.05) is 0 Å². The Hall–Kier alpha value is -1.39. The van der Waals surface area contributed by atoms with Gasteiger partial charge in [0.1, 0.15) is 12.2 Å². The van der Waals surface area contributed by atoms with E-state index in [2.05, 4.69) is 9.47 Å². The predicted molar refractivity (Wildman–Crippen MR) is 54.2 cm³/mol. The van der Waals surface area contributed by atoms with Crippen LogP contribution in [0.1, 0.15) is 33.6 Å². The fourth-order valence-corrected chi connectivity index (χ4v) is 0.538. The Morgan fingerprint density at radius 3 is 1.73 bits per heavy atom. The van der Waals surface area contributed by atoms with Crippen LogP contribution in [0, 0.1) is 0 Å². The van der Waals surface area contributed by atoms with Crippen LogP contribution in [0.5, 0.6) is 0 Å². The fourth-order valence-electron chi connectivity index (χ4n) is 0.538. The monoisotopic (exact) mass is 218 g/mol. The molecule has 0 aliphatic carbocycles. The third kappa shape index (κ3) is 15.4. The summed E-state index contributed by atoms with van der Waals surface area (Å²) in [5.74, 6) is -0.767. The number of rotatable bonds is 4. The Morgan fingerprint density at radius 1 is 1.07 bits per heavy atom. The van der Waals surface area contributed by atoms with Crippen LogP contribution in [0.4, 0.5) is 0 Å². The zero-order chi connectivity index (χ0) is 12.3. The summed E-state index contributed by atoms with van der Waals surface area (Å²) in [7, 11) is 1.26. The minimum Gasteiger partial charge on any atom is -0.469 e. The van der Waals surface area contributed by atoms with Gasteiger partial charge < -0.3 is 9.47 Å². The largest absolute Gasteiger partial charge is 0.469 e. The van der Waals surface area contributed by atoms with Crippen molar-refractivity contribution in [3.8, 4) is 0 Å². The number of hydrogen-bond donors (Lipinski definition) is 0. The van der Waals surface area contributed by atoms with Crippen LogP contribution in [0.3, 0.4) is 0 Å². The molecule has 0 unspecified atom stereocenters. The highest BCUT2D eigenvalue weighted by atomic mass is 16.5. The van der Waals surface area contributed by atoms with Crippen LogP contribution in [0.15, 0.2) is 0 Å². The van der Waals surface area contributed by atoms with E-state index in [1.54, 1.807) is 13.8 Å². The van der Waals surface area contributed by atoms with E-state index >= 15 is 0 Å². The molecule has 0 aromatic carbocycles. The highest BCUT2D eigenvalue weighted by molar-refractivity contribution is 5.93. The van der Waals surface area contributed by atoms with Crippen molar-refractivity contribution in [2.24, 2.45) is 0 Å². The molecule has 0 fully saturated rings. The van der Waals surface area contributed by atoms with Gasteiger partial charge in [0.05, 0.1) is 13.7 Å². The molecule has 5 nitrogen and oxygen atoms in total. The van der Waals surface area contributed by atoms with Crippen LogP contribution in [0.2, 0.25) is 0 Å². The van der Waals surface area contributed by atoms with Crippen molar-refractivity contribution >= 4 is 17.7 Å². The number of methoxy groups -OCH3 is 1. The summed E-state index contributed by atoms with van der Waals surface area (Å²) in [4.78, 5) is 30.5. The summed E-state index contributed by atoms with van der Waals surface area (Å²) in [6, 6.07) is 0. The number of carbonyl (C=O) groups excluding carboxylic acids is 3. The molecule has 5 heteroatoms. The summed E-state index contributed by atoms with van der Waals surface area (Å²) in [6.07, 6.45) is 0.365. The minimum absolute atomic E-state index is 0.115. The number of Topliss-reactive ketones (excluding diaryl/α,β-unsaturated/α-hetero) is 1. The van der Waals surface area contributed by atoms with Gasteiger partial charge in [-0.3, -0.25) is 14.4 Å². The smallest absolute Gasteiger partial charge is 0.313 e. The van der Waals surface area contributed by atoms with E-state index in [1.165, 1.54) is 14.0 Å². The molecule has 0 aromatic heterocycles. The maximum absolute atomic E-state index is 10.2. The third-order valence-electron chi connectivity index (χ3n) is 1.21. The molecule has 0 N–H and O–H groups in total. The summed E-state index contributed by atoms with van der Waals surface area (Å²) in [5.41, 5.74) is 0. The lowest BCUT2D eigenvalue weighted by Crippen LogP contribution is -2.05. The number of hydrogen-bond acceptors (Lipinski definition) is 5. The first-order chi connectivity index (χ1) is 6.97. The van der Waals surface area contributed by atoms with Crippen LogP contribution < -0.4 is 0 Å². The molecule has 88 valence electrons. The Kier molecular flexibility index (Phi) is 11.4. The van der Waals surface area contributed by atoms with Crippen molar-refractivity contribution in [1.82, 2.24) is 0 Å². The number of ketones is 1. The second kappa shape index (κ2) is 10.7. The first-order valence-corrected chi connectivity index (χ1v) is 4.69. The van der Waals surface area contributed by atoms with Crippen LogP contribution >= 0.6 is 0 Å². The maximum atomic E-state index is 10.2. The molecule has 0 radical (unpaired) electrons. The maximum Gasteiger partial charge on any atom is 0.313 e. The number of ether oxygens (including phenoxy) is 2. The molecule has 0 bridgehead atoms. The molecule has 15 heavy (non-hydrogen) atoms. The van der Waals surface area contributed by atoms with Crippen molar-refractivity contribution < 1.29 is 23.9 Å². The second-order valence-corrected chi connectivity index (χ2v) is 2.61. The standard InChI is InChI=1S/C5H8O3.C5H10O2/c1-4(6)3-5(7)8-2;1-3-5(6)7-4-2/h3H2,1-2H3;3-4H2,1-2H3. The average Bonchev–Trinajstić information content (AvgIpc) is 2.18. The lowest BCUT2D eigenvalue weighted by atomic mass is 10.3. The predicted octanol–water partition coefficient (Wildman–Crippen LogP) is 1.10. The van der Waals surface area contributed by atoms with Crippen molar-refractivity contribution in [3.63, 3.8) is 0 Å². The van der Waals surface area contributed by atoms with Gasteiger partial charge >= 0.3 is 11.9 Å². The summed E-state index contributed by atoms with van der Waals surface area (Å²) < 4.78 is 8.75. The summed E-state index contributed by atoms with van der Waals surface area (Å²) >= 11 is 0. The number of carbonyl (C=O) groups is 3. The van der Waals surface area contributed by atoms with Gasteiger partial charge in [0.15, 0.2) is 0 Å². The molecule has 0 saturated heterocycles. The molecular formula is C10H18O5. The van der Waals surface area contributed by atoms with Gasteiger partial charge in [-0.15, -0.1) is 0 Å². The van der Waals surface area contributed by atoms with Gasteiger partial charge in [-0.2, -0.15) is 0 Å². The van der Waals surface area contributed by atoms with Gasteiger partial charge in [0.2, 0.25) is 0 Å². The van der Waals surface area contributed by atoms with E-state index in [-0.39, 0.29) is 18.2 Å². The molecule has 0 heterocycles. The van der Waals surface area contributed by atoms with Crippen molar-refractivity contribution in [1.29, 1.82) is 0 Å². The van der Waals surface area contributed by atoms with E-state index in [0.29, 0.717) is 13.0 Å². The fraction of sp³-hybridized carbons (Fsp3) is 0.700. The van der Waals surface area contributed by atoms with E-state index in [0.717, 1.165) is 0 Å². The Labute approximate surface area is 89.7 Å². The van der Waals surface area contributed by atoms with Crippen molar-refractivity contribution in [3.05, 3.63) is 0 Å². The minimum atomic E-state index is -0.475. The zero-order valence-corrected chi connectivity index (χ0v) is 9.66. The van der Waals surface area contributed by atoms with Gasteiger partial charge in [0, 0.05) is 6.42 Å². The van der Waals surface area contributed by atoms with Crippen LogP contribution in [-0.2, 0) is 23.9 Å². The summed E-state index contributed by atoms with van der Waals surface area (Å²) in [5, 5.41) is 0. The first-order valence-electron chi connectivity index (χ1n) is 4.69.